The number of imidazole rings is 1. The first kappa shape index (κ1) is 24.8. The topological polar surface area (TPSA) is 58.9 Å². The number of halogens is 4. The minimum Gasteiger partial charge on any atom is -0.354 e. The number of nitrogens with one attached hydrogen (secondary N) is 1. The van der Waals surface area contributed by atoms with Crippen LogP contribution in [0, 0.1) is 5.82 Å². The number of hydrogen-bond donors (Lipinski definition) is 1. The van der Waals surface area contributed by atoms with Gasteiger partial charge in [-0.05, 0) is 42.5 Å². The minimum absolute atomic E-state index is 0. The van der Waals surface area contributed by atoms with Crippen molar-refractivity contribution >= 4 is 54.1 Å². The summed E-state index contributed by atoms with van der Waals surface area (Å²) >= 11 is 0. The van der Waals surface area contributed by atoms with Gasteiger partial charge in [0.15, 0.2) is 0 Å². The molecule has 0 aliphatic carbocycles. The summed E-state index contributed by atoms with van der Waals surface area (Å²) in [5, 5.41) is 3.35. The number of piperazine rings is 1. The van der Waals surface area contributed by atoms with E-state index in [-0.39, 0.29) is 43.0 Å². The van der Waals surface area contributed by atoms with Gasteiger partial charge in [-0.3, -0.25) is 9.55 Å². The van der Waals surface area contributed by atoms with E-state index in [4.69, 9.17) is 4.98 Å². The lowest BCUT2D eigenvalue weighted by molar-refractivity contribution is 0.585. The third kappa shape index (κ3) is 4.91. The van der Waals surface area contributed by atoms with Crippen LogP contribution in [0.25, 0.3) is 28.1 Å². The van der Waals surface area contributed by atoms with Crippen LogP contribution in [0.1, 0.15) is 0 Å². The monoisotopic (exact) mass is 482 g/mol. The second-order valence-corrected chi connectivity index (χ2v) is 6.75. The number of aromatic nitrogens is 4. The molecule has 1 aliphatic heterocycles. The molecule has 31 heavy (non-hydrogen) atoms. The summed E-state index contributed by atoms with van der Waals surface area (Å²) in [6, 6.07) is 12.3. The lowest BCUT2D eigenvalue weighted by Gasteiger charge is -2.28. The van der Waals surface area contributed by atoms with Gasteiger partial charge in [-0.1, -0.05) is 0 Å². The molecule has 4 aromatic rings. The largest absolute Gasteiger partial charge is 0.354 e. The molecule has 4 heterocycles. The highest BCUT2D eigenvalue weighted by atomic mass is 35.5. The molecule has 5 rings (SSSR count). The van der Waals surface area contributed by atoms with Gasteiger partial charge in [-0.2, -0.15) is 0 Å². The fourth-order valence-corrected chi connectivity index (χ4v) is 3.57. The zero-order valence-electron chi connectivity index (χ0n) is 16.4. The van der Waals surface area contributed by atoms with Crippen LogP contribution in [0.5, 0.6) is 0 Å². The van der Waals surface area contributed by atoms with Crippen LogP contribution in [-0.4, -0.2) is 45.7 Å². The predicted octanol–water partition coefficient (Wildman–Crippen LogP) is 4.30. The number of benzene rings is 1. The molecule has 0 bridgehead atoms. The van der Waals surface area contributed by atoms with Crippen molar-refractivity contribution in [1.29, 1.82) is 0 Å². The first-order valence-corrected chi connectivity index (χ1v) is 9.30. The molecule has 1 aromatic carbocycles. The molecule has 10 heteroatoms. The Labute approximate surface area is 198 Å². The summed E-state index contributed by atoms with van der Waals surface area (Å²) in [5.41, 5.74) is 3.44. The van der Waals surface area contributed by atoms with Gasteiger partial charge in [-0.25, -0.2) is 14.4 Å². The highest BCUT2D eigenvalue weighted by Gasteiger charge is 2.16. The van der Waals surface area contributed by atoms with Crippen molar-refractivity contribution in [2.24, 2.45) is 0 Å². The second-order valence-electron chi connectivity index (χ2n) is 6.75. The van der Waals surface area contributed by atoms with Crippen LogP contribution in [0.15, 0.2) is 61.1 Å². The average molecular weight is 484 g/mol. The summed E-state index contributed by atoms with van der Waals surface area (Å²) in [6.07, 6.45) is 5.35. The van der Waals surface area contributed by atoms with E-state index in [1.165, 1.54) is 12.1 Å². The Balaban J connectivity index is 0.00000114. The van der Waals surface area contributed by atoms with Gasteiger partial charge in [0.2, 0.25) is 0 Å². The Bertz CT molecular complexity index is 1110. The van der Waals surface area contributed by atoms with Gasteiger partial charge >= 0.3 is 0 Å². The van der Waals surface area contributed by atoms with Crippen LogP contribution >= 0.6 is 37.2 Å². The third-order valence-corrected chi connectivity index (χ3v) is 4.99. The normalized spacial score (nSPS) is 13.1. The molecule has 3 aromatic heterocycles. The van der Waals surface area contributed by atoms with Crippen molar-refractivity contribution < 1.29 is 4.39 Å². The molecule has 0 atom stereocenters. The fourth-order valence-electron chi connectivity index (χ4n) is 3.57. The maximum absolute atomic E-state index is 13.4. The van der Waals surface area contributed by atoms with E-state index in [0.29, 0.717) is 0 Å². The smallest absolute Gasteiger partial charge is 0.147 e. The average Bonchev–Trinajstić information content (AvgIpc) is 3.15. The molecule has 0 saturated carbocycles. The SMILES string of the molecule is Cl.Cl.Cl.Fc1ccc(-n2c(-c3ccc(N4CCNCC4)nc3)nc3ccncc32)cc1. The molecule has 0 spiro atoms. The van der Waals surface area contributed by atoms with Gasteiger partial charge in [0.25, 0.3) is 0 Å². The number of fused-ring (bicyclic) bond motifs is 1. The van der Waals surface area contributed by atoms with Crippen LogP contribution in [0.2, 0.25) is 0 Å². The van der Waals surface area contributed by atoms with E-state index in [1.807, 2.05) is 29.0 Å². The summed E-state index contributed by atoms with van der Waals surface area (Å²) in [7, 11) is 0. The van der Waals surface area contributed by atoms with Crippen molar-refractivity contribution in [2.75, 3.05) is 31.1 Å². The van der Waals surface area contributed by atoms with Gasteiger partial charge in [0.1, 0.15) is 17.5 Å². The van der Waals surface area contributed by atoms with Crippen LogP contribution < -0.4 is 10.2 Å². The maximum atomic E-state index is 13.4. The second kappa shape index (κ2) is 10.7. The van der Waals surface area contributed by atoms with Gasteiger partial charge < -0.3 is 10.2 Å². The zero-order chi connectivity index (χ0) is 18.9. The predicted molar refractivity (Wildman–Crippen MR) is 129 cm³/mol. The van der Waals surface area contributed by atoms with Gasteiger partial charge in [-0.15, -0.1) is 37.2 Å². The van der Waals surface area contributed by atoms with Crippen LogP contribution in [-0.2, 0) is 0 Å². The van der Waals surface area contributed by atoms with Crippen LogP contribution in [0.3, 0.4) is 0 Å². The molecular weight excluding hydrogens is 462 g/mol. The van der Waals surface area contributed by atoms with E-state index in [0.717, 1.165) is 60.1 Å². The standard InChI is InChI=1S/C21H19FN6.3ClH/c22-16-2-4-17(5-3-16)28-19-14-24-8-7-18(19)26-21(28)15-1-6-20(25-13-15)27-11-9-23-10-12-27;;;/h1-8,13-14,23H,9-12H2;3*1H. The molecule has 1 fully saturated rings. The lowest BCUT2D eigenvalue weighted by Crippen LogP contribution is -2.43. The van der Waals surface area contributed by atoms with E-state index in [2.05, 4.69) is 20.2 Å². The Morgan fingerprint density at radius 2 is 1.61 bits per heavy atom. The summed E-state index contributed by atoms with van der Waals surface area (Å²) in [4.78, 5) is 16.0. The molecule has 6 nitrogen and oxygen atoms in total. The van der Waals surface area contributed by atoms with Crippen LogP contribution in [0.4, 0.5) is 10.2 Å². The first-order valence-electron chi connectivity index (χ1n) is 9.30. The molecular formula is C21H22Cl3FN6. The van der Waals surface area contributed by atoms with Gasteiger partial charge in [0.05, 0.1) is 17.2 Å². The molecule has 164 valence electrons. The third-order valence-electron chi connectivity index (χ3n) is 4.99. The Kier molecular flexibility index (Phi) is 8.59. The number of pyridine rings is 2. The van der Waals surface area contributed by atoms with Crippen molar-refractivity contribution in [3.63, 3.8) is 0 Å². The quantitative estimate of drug-likeness (QED) is 0.471. The van der Waals surface area contributed by atoms with Gasteiger partial charge in [0, 0.05) is 49.8 Å². The molecule has 1 aliphatic rings. The molecule has 0 unspecified atom stereocenters. The Morgan fingerprint density at radius 1 is 0.871 bits per heavy atom. The fraction of sp³-hybridized carbons (Fsp3) is 0.190. The minimum atomic E-state index is -0.269. The highest BCUT2D eigenvalue weighted by Crippen LogP contribution is 2.28. The van der Waals surface area contributed by atoms with E-state index >= 15 is 0 Å². The first-order chi connectivity index (χ1) is 13.8. The summed E-state index contributed by atoms with van der Waals surface area (Å²) in [5.74, 6) is 1.46. The lowest BCUT2D eigenvalue weighted by atomic mass is 10.2. The molecule has 1 saturated heterocycles. The number of nitrogens with zero attached hydrogens (tertiary/aromatic N) is 5. The Morgan fingerprint density at radius 3 is 2.29 bits per heavy atom. The number of rotatable bonds is 3. The number of anilines is 1. The van der Waals surface area contributed by atoms with E-state index < -0.39 is 0 Å². The highest BCUT2D eigenvalue weighted by molar-refractivity contribution is 5.86. The van der Waals surface area contributed by atoms with Crippen molar-refractivity contribution in [3.8, 4) is 17.1 Å². The molecule has 1 N–H and O–H groups in total. The summed E-state index contributed by atoms with van der Waals surface area (Å²) < 4.78 is 15.4. The summed E-state index contributed by atoms with van der Waals surface area (Å²) in [6.45, 7) is 3.84. The molecule has 0 radical (unpaired) electrons. The maximum Gasteiger partial charge on any atom is 0.147 e. The van der Waals surface area contributed by atoms with E-state index in [1.54, 1.807) is 24.5 Å². The van der Waals surface area contributed by atoms with Crippen molar-refractivity contribution in [2.45, 2.75) is 0 Å². The van der Waals surface area contributed by atoms with Crippen molar-refractivity contribution in [3.05, 3.63) is 66.9 Å². The van der Waals surface area contributed by atoms with E-state index in [9.17, 15) is 4.39 Å². The zero-order valence-corrected chi connectivity index (χ0v) is 18.9. The number of hydrogen-bond acceptors (Lipinski definition) is 5. The molecule has 0 amide bonds. The Hall–Kier alpha value is -2.45. The van der Waals surface area contributed by atoms with Crippen molar-refractivity contribution in [1.82, 2.24) is 24.8 Å².